The molecular formula is C17H22N4OS. The van der Waals surface area contributed by atoms with Crippen LogP contribution in [0.1, 0.15) is 51.5 Å². The molecule has 1 atom stereocenters. The van der Waals surface area contributed by atoms with Gasteiger partial charge >= 0.3 is 0 Å². The molecule has 1 unspecified atom stereocenters. The van der Waals surface area contributed by atoms with Gasteiger partial charge in [0.1, 0.15) is 11.6 Å². The minimum atomic E-state index is 0.0539. The lowest BCUT2D eigenvalue weighted by Crippen LogP contribution is -2.25. The Hall–Kier alpha value is -1.69. The fraction of sp³-hybridized carbons (Fsp3) is 0.588. The lowest BCUT2D eigenvalue weighted by molar-refractivity contribution is 0.0958. The van der Waals surface area contributed by atoms with E-state index in [2.05, 4.69) is 33.1 Å². The van der Waals surface area contributed by atoms with E-state index in [0.717, 1.165) is 61.1 Å². The van der Waals surface area contributed by atoms with Gasteiger partial charge in [0.2, 0.25) is 0 Å². The summed E-state index contributed by atoms with van der Waals surface area (Å²) in [4.78, 5) is 14.6. The van der Waals surface area contributed by atoms with Crippen LogP contribution < -0.4 is 5.32 Å². The van der Waals surface area contributed by atoms with Gasteiger partial charge in [-0.15, -0.1) is 21.5 Å². The number of hydrogen-bond donors (Lipinski definition) is 1. The number of aromatic nitrogens is 3. The zero-order valence-electron chi connectivity index (χ0n) is 13.5. The number of hydrogen-bond acceptors (Lipinski definition) is 4. The largest absolute Gasteiger partial charge is 0.351 e. The Balaban J connectivity index is 1.35. The molecule has 3 heterocycles. The van der Waals surface area contributed by atoms with E-state index in [4.69, 9.17) is 0 Å². The first-order valence-corrected chi connectivity index (χ1v) is 9.33. The summed E-state index contributed by atoms with van der Waals surface area (Å²) in [5.41, 5.74) is 1.38. The third-order valence-electron chi connectivity index (χ3n) is 4.87. The molecule has 1 aliphatic heterocycles. The van der Waals surface area contributed by atoms with Crippen LogP contribution in [0.3, 0.4) is 0 Å². The van der Waals surface area contributed by atoms with E-state index in [1.54, 1.807) is 11.3 Å². The van der Waals surface area contributed by atoms with Crippen molar-refractivity contribution >= 4 is 17.2 Å². The molecule has 122 valence electrons. The number of carbonyl (C=O) groups excluding carboxylic acids is 1. The average molecular weight is 330 g/mol. The summed E-state index contributed by atoms with van der Waals surface area (Å²) < 4.78 is 2.19. The van der Waals surface area contributed by atoms with Crippen LogP contribution in [0.4, 0.5) is 0 Å². The molecule has 2 aliphatic rings. The van der Waals surface area contributed by atoms with Crippen LogP contribution >= 0.6 is 11.3 Å². The second-order valence-electron chi connectivity index (χ2n) is 6.70. The van der Waals surface area contributed by atoms with Gasteiger partial charge in [0.05, 0.1) is 4.88 Å². The topological polar surface area (TPSA) is 59.8 Å². The zero-order valence-corrected chi connectivity index (χ0v) is 14.3. The SMILES string of the molecule is CC1CCc2sc(C(=O)NCCc3nnc4n3CCC4)cc2C1. The molecule has 23 heavy (non-hydrogen) atoms. The number of nitrogens with zero attached hydrogens (tertiary/aromatic N) is 3. The van der Waals surface area contributed by atoms with Crippen molar-refractivity contribution in [1.82, 2.24) is 20.1 Å². The van der Waals surface area contributed by atoms with Crippen LogP contribution in [0.2, 0.25) is 0 Å². The fourth-order valence-electron chi connectivity index (χ4n) is 3.59. The fourth-order valence-corrected chi connectivity index (χ4v) is 4.71. The second kappa shape index (κ2) is 6.07. The number of fused-ring (bicyclic) bond motifs is 2. The third-order valence-corrected chi connectivity index (χ3v) is 6.11. The summed E-state index contributed by atoms with van der Waals surface area (Å²) in [6, 6.07) is 2.10. The van der Waals surface area contributed by atoms with Crippen LogP contribution in [-0.2, 0) is 32.2 Å². The van der Waals surface area contributed by atoms with Crippen molar-refractivity contribution in [3.05, 3.63) is 33.0 Å². The Morgan fingerprint density at radius 3 is 3.26 bits per heavy atom. The van der Waals surface area contributed by atoms with Crippen molar-refractivity contribution in [2.45, 2.75) is 52.0 Å². The molecule has 0 fully saturated rings. The molecule has 0 radical (unpaired) electrons. The highest BCUT2D eigenvalue weighted by atomic mass is 32.1. The van der Waals surface area contributed by atoms with Gasteiger partial charge in [-0.1, -0.05) is 6.92 Å². The van der Waals surface area contributed by atoms with E-state index in [1.165, 1.54) is 16.9 Å². The summed E-state index contributed by atoms with van der Waals surface area (Å²) in [5, 5.41) is 11.5. The number of nitrogens with one attached hydrogen (secondary N) is 1. The van der Waals surface area contributed by atoms with E-state index in [0.29, 0.717) is 6.54 Å². The summed E-state index contributed by atoms with van der Waals surface area (Å²) >= 11 is 1.67. The summed E-state index contributed by atoms with van der Waals surface area (Å²) in [5.74, 6) is 2.88. The monoisotopic (exact) mass is 330 g/mol. The lowest BCUT2D eigenvalue weighted by Gasteiger charge is -2.16. The average Bonchev–Trinajstić information content (AvgIpc) is 3.22. The number of amides is 1. The van der Waals surface area contributed by atoms with Crippen molar-refractivity contribution in [3.8, 4) is 0 Å². The van der Waals surface area contributed by atoms with Gasteiger partial charge in [0, 0.05) is 30.8 Å². The molecule has 1 amide bonds. The lowest BCUT2D eigenvalue weighted by atomic mass is 9.90. The van der Waals surface area contributed by atoms with Crippen molar-refractivity contribution in [3.63, 3.8) is 0 Å². The van der Waals surface area contributed by atoms with Gasteiger partial charge in [-0.25, -0.2) is 0 Å². The van der Waals surface area contributed by atoms with Gasteiger partial charge in [-0.2, -0.15) is 0 Å². The summed E-state index contributed by atoms with van der Waals surface area (Å²) in [7, 11) is 0. The van der Waals surface area contributed by atoms with Gasteiger partial charge in [0.15, 0.2) is 0 Å². The molecule has 1 N–H and O–H groups in total. The predicted octanol–water partition coefficient (Wildman–Crippen LogP) is 2.38. The Kier molecular flexibility index (Phi) is 3.93. The molecule has 0 aromatic carbocycles. The molecule has 6 heteroatoms. The van der Waals surface area contributed by atoms with Crippen LogP contribution in [0.15, 0.2) is 6.07 Å². The Morgan fingerprint density at radius 2 is 2.35 bits per heavy atom. The van der Waals surface area contributed by atoms with Crippen LogP contribution in [-0.4, -0.2) is 27.2 Å². The molecule has 0 saturated carbocycles. The molecule has 0 saturated heterocycles. The Morgan fingerprint density at radius 1 is 1.43 bits per heavy atom. The molecule has 2 aromatic heterocycles. The Labute approximate surface area is 140 Å². The second-order valence-corrected chi connectivity index (χ2v) is 7.84. The van der Waals surface area contributed by atoms with Crippen molar-refractivity contribution in [1.29, 1.82) is 0 Å². The van der Waals surface area contributed by atoms with E-state index < -0.39 is 0 Å². The Bertz CT molecular complexity index is 733. The minimum absolute atomic E-state index is 0.0539. The van der Waals surface area contributed by atoms with Crippen molar-refractivity contribution < 1.29 is 4.79 Å². The quantitative estimate of drug-likeness (QED) is 0.936. The molecule has 1 aliphatic carbocycles. The predicted molar refractivity (Wildman–Crippen MR) is 89.9 cm³/mol. The highest BCUT2D eigenvalue weighted by Gasteiger charge is 2.21. The molecular weight excluding hydrogens is 308 g/mol. The van der Waals surface area contributed by atoms with Crippen molar-refractivity contribution in [2.24, 2.45) is 5.92 Å². The number of thiophene rings is 1. The van der Waals surface area contributed by atoms with Crippen LogP contribution in [0.25, 0.3) is 0 Å². The standard InChI is InChI=1S/C17H22N4OS/c1-11-4-5-13-12(9-11)10-14(23-13)17(22)18-7-6-16-20-19-15-3-2-8-21(15)16/h10-11H,2-9H2,1H3,(H,18,22). The number of rotatable bonds is 4. The van der Waals surface area contributed by atoms with Gasteiger partial charge in [-0.05, 0) is 43.2 Å². The number of carbonyl (C=O) groups is 1. The van der Waals surface area contributed by atoms with Crippen molar-refractivity contribution in [2.75, 3.05) is 6.54 Å². The van der Waals surface area contributed by atoms with E-state index in [9.17, 15) is 4.79 Å². The van der Waals surface area contributed by atoms with Gasteiger partial charge < -0.3 is 9.88 Å². The first kappa shape index (κ1) is 14.9. The summed E-state index contributed by atoms with van der Waals surface area (Å²) in [6.07, 6.45) is 6.42. The molecule has 2 aromatic rings. The van der Waals surface area contributed by atoms with Crippen LogP contribution in [0, 0.1) is 5.92 Å². The van der Waals surface area contributed by atoms with E-state index >= 15 is 0 Å². The first-order chi connectivity index (χ1) is 11.2. The zero-order chi connectivity index (χ0) is 15.8. The number of aryl methyl sites for hydroxylation is 2. The maximum Gasteiger partial charge on any atom is 0.261 e. The van der Waals surface area contributed by atoms with E-state index in [-0.39, 0.29) is 5.91 Å². The molecule has 4 rings (SSSR count). The van der Waals surface area contributed by atoms with E-state index in [1.807, 2.05) is 0 Å². The normalized spacial score (nSPS) is 19.4. The van der Waals surface area contributed by atoms with Crippen LogP contribution in [0.5, 0.6) is 0 Å². The first-order valence-electron chi connectivity index (χ1n) is 8.51. The highest BCUT2D eigenvalue weighted by Crippen LogP contribution is 2.32. The minimum Gasteiger partial charge on any atom is -0.351 e. The van der Waals surface area contributed by atoms with Gasteiger partial charge in [0.25, 0.3) is 5.91 Å². The molecule has 0 spiro atoms. The molecule has 0 bridgehead atoms. The third kappa shape index (κ3) is 2.92. The molecule has 5 nitrogen and oxygen atoms in total. The smallest absolute Gasteiger partial charge is 0.261 e. The van der Waals surface area contributed by atoms with Gasteiger partial charge in [-0.3, -0.25) is 4.79 Å². The maximum atomic E-state index is 12.4. The maximum absolute atomic E-state index is 12.4. The summed E-state index contributed by atoms with van der Waals surface area (Å²) in [6.45, 7) is 3.93. The highest BCUT2D eigenvalue weighted by molar-refractivity contribution is 7.14.